The highest BCUT2D eigenvalue weighted by Gasteiger charge is 2.13. The van der Waals surface area contributed by atoms with Crippen LogP contribution in [0.5, 0.6) is 0 Å². The number of nitrogens with one attached hydrogen (secondary N) is 2. The first-order valence-electron chi connectivity index (χ1n) is 5.93. The number of imidazole rings is 1. The summed E-state index contributed by atoms with van der Waals surface area (Å²) in [5, 5.41) is 0. The molecular weight excluding hydrogens is 263 g/mol. The highest BCUT2D eigenvalue weighted by atomic mass is 19.1. The minimum absolute atomic E-state index is 0.186. The Morgan fingerprint density at radius 3 is 2.75 bits per heavy atom. The van der Waals surface area contributed by atoms with Gasteiger partial charge in [-0.05, 0) is 24.6 Å². The molecule has 0 bridgehead atoms. The molecule has 6 nitrogen and oxygen atoms in total. The van der Waals surface area contributed by atoms with Gasteiger partial charge in [0.05, 0.1) is 0 Å². The zero-order valence-electron chi connectivity index (χ0n) is 10.8. The van der Waals surface area contributed by atoms with E-state index >= 15 is 0 Å². The Labute approximate surface area is 111 Å². The monoisotopic (exact) mass is 274 g/mol. The Balaban J connectivity index is 2.37. The van der Waals surface area contributed by atoms with Gasteiger partial charge in [-0.25, -0.2) is 14.2 Å². The van der Waals surface area contributed by atoms with Gasteiger partial charge in [0.15, 0.2) is 5.65 Å². The van der Waals surface area contributed by atoms with Crippen molar-refractivity contribution < 1.29 is 4.39 Å². The van der Waals surface area contributed by atoms with E-state index in [1.54, 1.807) is 6.07 Å². The van der Waals surface area contributed by atoms with E-state index < -0.39 is 17.1 Å². The maximum absolute atomic E-state index is 13.3. The minimum Gasteiger partial charge on any atom is -0.332 e. The number of aromatic nitrogens is 4. The van der Waals surface area contributed by atoms with Crippen LogP contribution < -0.4 is 11.2 Å². The van der Waals surface area contributed by atoms with Crippen LogP contribution in [0.15, 0.2) is 27.8 Å². The van der Waals surface area contributed by atoms with Crippen LogP contribution in [-0.2, 0) is 7.05 Å². The van der Waals surface area contributed by atoms with Crippen molar-refractivity contribution in [3.63, 3.8) is 0 Å². The largest absolute Gasteiger partial charge is 0.332 e. The number of H-pyrrole nitrogens is 2. The second kappa shape index (κ2) is 4.16. The van der Waals surface area contributed by atoms with Crippen LogP contribution in [0, 0.1) is 12.7 Å². The fourth-order valence-corrected chi connectivity index (χ4v) is 2.08. The molecule has 2 aromatic heterocycles. The maximum Gasteiger partial charge on any atom is 0.329 e. The fraction of sp³-hybridized carbons (Fsp3) is 0.154. The first-order valence-corrected chi connectivity index (χ1v) is 5.93. The summed E-state index contributed by atoms with van der Waals surface area (Å²) in [5.41, 5.74) is 0.690. The molecule has 2 heterocycles. The third kappa shape index (κ3) is 1.75. The van der Waals surface area contributed by atoms with E-state index in [-0.39, 0.29) is 11.2 Å². The summed E-state index contributed by atoms with van der Waals surface area (Å²) >= 11 is 0. The molecule has 20 heavy (non-hydrogen) atoms. The van der Waals surface area contributed by atoms with Crippen molar-refractivity contribution in [1.29, 1.82) is 0 Å². The number of nitrogens with zero attached hydrogens (tertiary/aromatic N) is 2. The number of aryl methyl sites for hydroxylation is 2. The maximum atomic E-state index is 13.3. The van der Waals surface area contributed by atoms with Gasteiger partial charge in [0.25, 0.3) is 5.56 Å². The molecule has 0 saturated carbocycles. The molecule has 0 atom stereocenters. The second-order valence-electron chi connectivity index (χ2n) is 4.56. The molecule has 7 heteroatoms. The van der Waals surface area contributed by atoms with Gasteiger partial charge in [0.2, 0.25) is 0 Å². The molecule has 3 rings (SSSR count). The van der Waals surface area contributed by atoms with Crippen LogP contribution in [0.1, 0.15) is 5.56 Å². The van der Waals surface area contributed by atoms with Crippen LogP contribution in [0.4, 0.5) is 4.39 Å². The van der Waals surface area contributed by atoms with Crippen molar-refractivity contribution in [2.45, 2.75) is 6.92 Å². The van der Waals surface area contributed by atoms with E-state index in [1.165, 1.54) is 23.7 Å². The lowest BCUT2D eigenvalue weighted by Crippen LogP contribution is -2.28. The molecule has 1 aromatic carbocycles. The Bertz CT molecular complexity index is 936. The number of fused-ring (bicyclic) bond motifs is 1. The van der Waals surface area contributed by atoms with E-state index in [1.807, 2.05) is 6.92 Å². The fourth-order valence-electron chi connectivity index (χ4n) is 2.08. The number of halogens is 1. The summed E-state index contributed by atoms with van der Waals surface area (Å²) in [6.45, 7) is 1.81. The van der Waals surface area contributed by atoms with Gasteiger partial charge in [-0.1, -0.05) is 6.07 Å². The summed E-state index contributed by atoms with van der Waals surface area (Å²) in [7, 11) is 1.50. The van der Waals surface area contributed by atoms with Gasteiger partial charge < -0.3 is 4.98 Å². The van der Waals surface area contributed by atoms with E-state index in [4.69, 9.17) is 0 Å². The average Bonchev–Trinajstić information content (AvgIpc) is 2.84. The normalized spacial score (nSPS) is 11.2. The zero-order chi connectivity index (χ0) is 14.4. The molecule has 3 aromatic rings. The number of rotatable bonds is 1. The van der Waals surface area contributed by atoms with Crippen LogP contribution >= 0.6 is 0 Å². The van der Waals surface area contributed by atoms with Crippen molar-refractivity contribution in [2.24, 2.45) is 7.05 Å². The van der Waals surface area contributed by atoms with Gasteiger partial charge in [0.1, 0.15) is 17.2 Å². The topological polar surface area (TPSA) is 83.5 Å². The van der Waals surface area contributed by atoms with Crippen LogP contribution in [0.3, 0.4) is 0 Å². The highest BCUT2D eigenvalue weighted by Crippen LogP contribution is 2.22. The van der Waals surface area contributed by atoms with Crippen molar-refractivity contribution in [3.05, 3.63) is 50.4 Å². The summed E-state index contributed by atoms with van der Waals surface area (Å²) < 4.78 is 14.6. The highest BCUT2D eigenvalue weighted by molar-refractivity contribution is 5.76. The van der Waals surface area contributed by atoms with Crippen molar-refractivity contribution in [1.82, 2.24) is 19.5 Å². The molecular formula is C13H11FN4O2. The van der Waals surface area contributed by atoms with E-state index in [2.05, 4.69) is 15.0 Å². The van der Waals surface area contributed by atoms with Gasteiger partial charge >= 0.3 is 5.69 Å². The van der Waals surface area contributed by atoms with Crippen molar-refractivity contribution >= 4 is 11.2 Å². The number of aromatic amines is 2. The average molecular weight is 274 g/mol. The van der Waals surface area contributed by atoms with E-state index in [0.717, 1.165) is 5.56 Å². The van der Waals surface area contributed by atoms with Crippen LogP contribution in [-0.4, -0.2) is 19.5 Å². The van der Waals surface area contributed by atoms with Gasteiger partial charge in [0, 0.05) is 12.6 Å². The van der Waals surface area contributed by atoms with Crippen molar-refractivity contribution in [2.75, 3.05) is 0 Å². The molecule has 0 aliphatic heterocycles. The molecule has 0 amide bonds. The Morgan fingerprint density at radius 2 is 2.00 bits per heavy atom. The van der Waals surface area contributed by atoms with Crippen LogP contribution in [0.25, 0.3) is 22.6 Å². The Kier molecular flexibility index (Phi) is 2.56. The summed E-state index contributed by atoms with van der Waals surface area (Å²) in [6, 6.07) is 4.31. The molecule has 0 radical (unpaired) electrons. The third-order valence-corrected chi connectivity index (χ3v) is 3.21. The number of hydrogen-bond donors (Lipinski definition) is 2. The SMILES string of the molecule is Cc1ccc(F)cc1-c1nc2c([nH]1)c(=O)[nH]c(=O)n2C. The van der Waals surface area contributed by atoms with Gasteiger partial charge in [-0.2, -0.15) is 0 Å². The summed E-state index contributed by atoms with van der Waals surface area (Å²) in [4.78, 5) is 32.5. The zero-order valence-corrected chi connectivity index (χ0v) is 10.8. The lowest BCUT2D eigenvalue weighted by Gasteiger charge is -2.01. The standard InChI is InChI=1S/C13H11FN4O2/c1-6-3-4-7(14)5-8(6)10-15-9-11(16-10)18(2)13(20)17-12(9)19/h3-5H,1-2H3,(H,15,16)(H,17,19,20). The Hall–Kier alpha value is -2.70. The minimum atomic E-state index is -0.545. The predicted molar refractivity (Wildman–Crippen MR) is 72.1 cm³/mol. The molecule has 0 saturated heterocycles. The molecule has 0 aliphatic rings. The summed E-state index contributed by atoms with van der Waals surface area (Å²) in [6.07, 6.45) is 0. The molecule has 0 aliphatic carbocycles. The predicted octanol–water partition coefficient (Wildman–Crippen LogP) is 1.06. The molecule has 2 N–H and O–H groups in total. The van der Waals surface area contributed by atoms with Crippen LogP contribution in [0.2, 0.25) is 0 Å². The number of benzene rings is 1. The lowest BCUT2D eigenvalue weighted by atomic mass is 10.1. The van der Waals surface area contributed by atoms with E-state index in [0.29, 0.717) is 11.4 Å². The number of hydrogen-bond acceptors (Lipinski definition) is 3. The first-order chi connectivity index (χ1) is 9.47. The lowest BCUT2D eigenvalue weighted by molar-refractivity contribution is 0.628. The third-order valence-electron chi connectivity index (χ3n) is 3.21. The van der Waals surface area contributed by atoms with E-state index in [9.17, 15) is 14.0 Å². The van der Waals surface area contributed by atoms with Gasteiger partial charge in [-0.3, -0.25) is 14.3 Å². The Morgan fingerprint density at radius 1 is 1.25 bits per heavy atom. The molecule has 0 fully saturated rings. The molecule has 0 spiro atoms. The molecule has 102 valence electrons. The first kappa shape index (κ1) is 12.3. The smallest absolute Gasteiger partial charge is 0.329 e. The van der Waals surface area contributed by atoms with Crippen molar-refractivity contribution in [3.8, 4) is 11.4 Å². The quantitative estimate of drug-likeness (QED) is 0.696. The van der Waals surface area contributed by atoms with Gasteiger partial charge in [-0.15, -0.1) is 0 Å². The summed E-state index contributed by atoms with van der Waals surface area (Å²) in [5.74, 6) is -0.0439. The second-order valence-corrected chi connectivity index (χ2v) is 4.56. The molecule has 0 unspecified atom stereocenters.